The van der Waals surface area contributed by atoms with Crippen LogP contribution in [0.2, 0.25) is 0 Å². The number of nitrogens with zero attached hydrogens (tertiary/aromatic N) is 1. The summed E-state index contributed by atoms with van der Waals surface area (Å²) in [5, 5.41) is 2.94. The molecule has 0 unspecified atom stereocenters. The number of fused-ring (bicyclic) bond motifs is 1. The molecule has 24 heavy (non-hydrogen) atoms. The largest absolute Gasteiger partial charge is 0.325 e. The lowest BCUT2D eigenvalue weighted by Crippen LogP contribution is -2.25. The van der Waals surface area contributed by atoms with Crippen LogP contribution in [0.3, 0.4) is 0 Å². The third-order valence-corrected chi connectivity index (χ3v) is 5.27. The van der Waals surface area contributed by atoms with Crippen molar-refractivity contribution in [3.8, 4) is 0 Å². The van der Waals surface area contributed by atoms with Gasteiger partial charge in [0, 0.05) is 29.7 Å². The summed E-state index contributed by atoms with van der Waals surface area (Å²) < 4.78 is 0. The van der Waals surface area contributed by atoms with E-state index in [1.807, 2.05) is 49.4 Å². The van der Waals surface area contributed by atoms with E-state index in [9.17, 15) is 9.59 Å². The zero-order chi connectivity index (χ0) is 17.1. The van der Waals surface area contributed by atoms with Crippen molar-refractivity contribution >= 4 is 35.0 Å². The molecule has 1 aliphatic rings. The quantitative estimate of drug-likeness (QED) is 0.865. The highest BCUT2D eigenvalue weighted by molar-refractivity contribution is 8.00. The summed E-state index contributed by atoms with van der Waals surface area (Å²) in [6.07, 6.45) is 0.830. The van der Waals surface area contributed by atoms with Gasteiger partial charge in [-0.15, -0.1) is 11.8 Å². The lowest BCUT2D eigenvalue weighted by molar-refractivity contribution is -0.116. The molecule has 0 radical (unpaired) electrons. The number of hydrogen-bond donors (Lipinski definition) is 1. The van der Waals surface area contributed by atoms with Gasteiger partial charge in [-0.2, -0.15) is 0 Å². The second kappa shape index (κ2) is 7.09. The van der Waals surface area contributed by atoms with Gasteiger partial charge in [0.15, 0.2) is 0 Å². The summed E-state index contributed by atoms with van der Waals surface area (Å²) in [6, 6.07) is 13.8. The zero-order valence-corrected chi connectivity index (χ0v) is 14.7. The van der Waals surface area contributed by atoms with Gasteiger partial charge in [-0.3, -0.25) is 9.59 Å². The molecule has 0 aromatic heterocycles. The van der Waals surface area contributed by atoms with Crippen LogP contribution in [0.4, 0.5) is 11.4 Å². The lowest BCUT2D eigenvalue weighted by atomic mass is 10.1. The molecule has 2 amide bonds. The topological polar surface area (TPSA) is 49.4 Å². The molecule has 0 saturated carbocycles. The Morgan fingerprint density at radius 3 is 2.75 bits per heavy atom. The molecule has 0 fully saturated rings. The maximum atomic E-state index is 12.2. The molecule has 1 heterocycles. The molecular weight excluding hydrogens is 320 g/mol. The van der Waals surface area contributed by atoms with Gasteiger partial charge in [-0.1, -0.05) is 18.2 Å². The van der Waals surface area contributed by atoms with Gasteiger partial charge >= 0.3 is 0 Å². The van der Waals surface area contributed by atoms with Crippen molar-refractivity contribution in [1.82, 2.24) is 0 Å². The van der Waals surface area contributed by atoms with E-state index in [2.05, 4.69) is 5.32 Å². The molecule has 124 valence electrons. The van der Waals surface area contributed by atoms with Crippen LogP contribution in [-0.2, 0) is 16.0 Å². The van der Waals surface area contributed by atoms with Crippen molar-refractivity contribution in [3.63, 3.8) is 0 Å². The molecule has 3 rings (SSSR count). The van der Waals surface area contributed by atoms with Crippen molar-refractivity contribution < 1.29 is 9.59 Å². The van der Waals surface area contributed by atoms with Gasteiger partial charge in [0.2, 0.25) is 11.8 Å². The fourth-order valence-corrected chi connectivity index (χ4v) is 3.69. The van der Waals surface area contributed by atoms with E-state index in [0.29, 0.717) is 12.3 Å². The molecule has 0 bridgehead atoms. The standard InChI is InChI=1S/C19H20N2O2S/c1-13-5-3-4-6-18(13)24-12-19(23)20-16-7-8-17-15(11-16)9-10-21(17)14(2)22/h3-8,11H,9-10,12H2,1-2H3,(H,20,23). The number of carbonyl (C=O) groups excluding carboxylic acids is 2. The van der Waals surface area contributed by atoms with E-state index < -0.39 is 0 Å². The SMILES string of the molecule is CC(=O)N1CCc2cc(NC(=O)CSc3ccccc3C)ccc21. The minimum absolute atomic E-state index is 0.0235. The molecule has 0 saturated heterocycles. The summed E-state index contributed by atoms with van der Waals surface area (Å²) in [4.78, 5) is 26.6. The molecule has 1 N–H and O–H groups in total. The smallest absolute Gasteiger partial charge is 0.234 e. The number of benzene rings is 2. The second-order valence-electron chi connectivity index (χ2n) is 5.87. The fraction of sp³-hybridized carbons (Fsp3) is 0.263. The average molecular weight is 340 g/mol. The number of anilines is 2. The Morgan fingerprint density at radius 1 is 1.21 bits per heavy atom. The van der Waals surface area contributed by atoms with Crippen molar-refractivity contribution in [1.29, 1.82) is 0 Å². The van der Waals surface area contributed by atoms with Crippen LogP contribution < -0.4 is 10.2 Å². The number of aryl methyl sites for hydroxylation is 1. The van der Waals surface area contributed by atoms with Crippen LogP contribution in [0.1, 0.15) is 18.1 Å². The maximum Gasteiger partial charge on any atom is 0.234 e. The first-order chi connectivity index (χ1) is 11.5. The summed E-state index contributed by atoms with van der Waals surface area (Å²) in [5.74, 6) is 0.409. The fourth-order valence-electron chi connectivity index (χ4n) is 2.87. The van der Waals surface area contributed by atoms with E-state index in [1.54, 1.807) is 11.8 Å². The van der Waals surface area contributed by atoms with Gasteiger partial charge in [0.25, 0.3) is 0 Å². The number of nitrogens with one attached hydrogen (secondary N) is 1. The monoisotopic (exact) mass is 340 g/mol. The van der Waals surface area contributed by atoms with Crippen molar-refractivity contribution in [2.24, 2.45) is 0 Å². The van der Waals surface area contributed by atoms with Gasteiger partial charge in [-0.05, 0) is 48.7 Å². The van der Waals surface area contributed by atoms with Crippen LogP contribution in [0.15, 0.2) is 47.4 Å². The number of rotatable bonds is 4. The number of carbonyl (C=O) groups is 2. The van der Waals surface area contributed by atoms with Crippen LogP contribution in [0.25, 0.3) is 0 Å². The van der Waals surface area contributed by atoms with Crippen molar-refractivity contribution in [3.05, 3.63) is 53.6 Å². The predicted molar refractivity (Wildman–Crippen MR) is 98.7 cm³/mol. The van der Waals surface area contributed by atoms with E-state index >= 15 is 0 Å². The van der Waals surface area contributed by atoms with Gasteiger partial charge in [0.1, 0.15) is 0 Å². The Balaban J connectivity index is 1.61. The Hall–Kier alpha value is -2.27. The number of hydrogen-bond acceptors (Lipinski definition) is 3. The minimum atomic E-state index is -0.0235. The number of thioether (sulfide) groups is 1. The van der Waals surface area contributed by atoms with Crippen molar-refractivity contribution in [2.45, 2.75) is 25.2 Å². The third kappa shape index (κ3) is 3.62. The summed E-state index contributed by atoms with van der Waals surface area (Å²) in [7, 11) is 0. The molecule has 0 spiro atoms. The van der Waals surface area contributed by atoms with Gasteiger partial charge < -0.3 is 10.2 Å². The molecular formula is C19H20N2O2S. The van der Waals surface area contributed by atoms with E-state index in [-0.39, 0.29) is 11.8 Å². The Kier molecular flexibility index (Phi) is 4.90. The zero-order valence-electron chi connectivity index (χ0n) is 13.8. The van der Waals surface area contributed by atoms with Crippen LogP contribution >= 0.6 is 11.8 Å². The first-order valence-electron chi connectivity index (χ1n) is 7.94. The molecule has 2 aromatic carbocycles. The normalized spacial score (nSPS) is 12.8. The molecule has 4 nitrogen and oxygen atoms in total. The van der Waals surface area contributed by atoms with E-state index in [0.717, 1.165) is 28.3 Å². The first-order valence-corrected chi connectivity index (χ1v) is 8.92. The highest BCUT2D eigenvalue weighted by Gasteiger charge is 2.22. The molecule has 2 aromatic rings. The third-order valence-electron chi connectivity index (χ3n) is 4.09. The van der Waals surface area contributed by atoms with Crippen molar-refractivity contribution in [2.75, 3.05) is 22.5 Å². The predicted octanol–water partition coefficient (Wildman–Crippen LogP) is 3.63. The highest BCUT2D eigenvalue weighted by Crippen LogP contribution is 2.30. The van der Waals surface area contributed by atoms with E-state index in [4.69, 9.17) is 0 Å². The Bertz CT molecular complexity index is 789. The lowest BCUT2D eigenvalue weighted by Gasteiger charge is -2.15. The van der Waals surface area contributed by atoms with Crippen LogP contribution in [-0.4, -0.2) is 24.1 Å². The summed E-state index contributed by atoms with van der Waals surface area (Å²) in [6.45, 7) is 4.33. The molecule has 5 heteroatoms. The highest BCUT2D eigenvalue weighted by atomic mass is 32.2. The molecule has 0 atom stereocenters. The minimum Gasteiger partial charge on any atom is -0.325 e. The Labute approximate surface area is 146 Å². The summed E-state index contributed by atoms with van der Waals surface area (Å²) >= 11 is 1.54. The molecule has 1 aliphatic heterocycles. The summed E-state index contributed by atoms with van der Waals surface area (Å²) in [5.41, 5.74) is 4.02. The maximum absolute atomic E-state index is 12.2. The van der Waals surface area contributed by atoms with Crippen LogP contribution in [0.5, 0.6) is 0 Å². The van der Waals surface area contributed by atoms with E-state index in [1.165, 1.54) is 17.3 Å². The van der Waals surface area contributed by atoms with Crippen LogP contribution in [0, 0.1) is 6.92 Å². The van der Waals surface area contributed by atoms with Gasteiger partial charge in [-0.25, -0.2) is 0 Å². The first kappa shape index (κ1) is 16.6. The second-order valence-corrected chi connectivity index (χ2v) is 6.88. The van der Waals surface area contributed by atoms with Gasteiger partial charge in [0.05, 0.1) is 5.75 Å². The number of amides is 2. The average Bonchev–Trinajstić information content (AvgIpc) is 2.97. The Morgan fingerprint density at radius 2 is 2.00 bits per heavy atom. The molecule has 0 aliphatic carbocycles.